The first-order valence-corrected chi connectivity index (χ1v) is 16.2. The number of carbonyl (C=O) groups is 2. The molecular formula is C31H36F7N9O2. The predicted molar refractivity (Wildman–Crippen MR) is 160 cm³/mol. The Balaban J connectivity index is 1.36. The zero-order chi connectivity index (χ0) is 35.1. The lowest BCUT2D eigenvalue weighted by Crippen LogP contribution is -2.47. The number of allylic oxidation sites excluding steroid dienone is 1. The maximum absolute atomic E-state index is 14.1. The molecule has 49 heavy (non-hydrogen) atoms. The van der Waals surface area contributed by atoms with Gasteiger partial charge in [-0.25, -0.2) is 32.0 Å². The van der Waals surface area contributed by atoms with Crippen LogP contribution in [0.3, 0.4) is 0 Å². The van der Waals surface area contributed by atoms with Crippen LogP contribution in [0.25, 0.3) is 5.78 Å². The molecule has 0 unspecified atom stereocenters. The van der Waals surface area contributed by atoms with Crippen molar-refractivity contribution >= 4 is 17.6 Å². The number of nitrogens with zero attached hydrogens (tertiary/aromatic N) is 7. The largest absolute Gasteiger partial charge is 0.393 e. The van der Waals surface area contributed by atoms with Crippen molar-refractivity contribution in [2.75, 3.05) is 19.6 Å². The van der Waals surface area contributed by atoms with Gasteiger partial charge in [-0.2, -0.15) is 23.4 Å². The molecule has 3 aliphatic rings. The lowest BCUT2D eigenvalue weighted by Gasteiger charge is -2.32. The molecule has 2 amide bonds. The van der Waals surface area contributed by atoms with E-state index in [4.69, 9.17) is 0 Å². The fourth-order valence-electron chi connectivity index (χ4n) is 6.55. The molecule has 2 aliphatic heterocycles. The fraction of sp³-hybridized carbons (Fsp3) is 0.613. The van der Waals surface area contributed by atoms with Crippen molar-refractivity contribution in [1.82, 2.24) is 44.9 Å². The van der Waals surface area contributed by atoms with Crippen molar-refractivity contribution in [1.29, 1.82) is 0 Å². The van der Waals surface area contributed by atoms with E-state index in [1.807, 2.05) is 0 Å². The van der Waals surface area contributed by atoms with Gasteiger partial charge < -0.3 is 10.6 Å². The molecule has 0 bridgehead atoms. The Morgan fingerprint density at radius 3 is 2.53 bits per heavy atom. The quantitative estimate of drug-likeness (QED) is 0.247. The Hall–Kier alpha value is -4.09. The van der Waals surface area contributed by atoms with Gasteiger partial charge in [0.25, 0.3) is 23.5 Å². The number of alkyl halides is 7. The summed E-state index contributed by atoms with van der Waals surface area (Å²) in [6.07, 6.45) is -2.65. The van der Waals surface area contributed by atoms with Gasteiger partial charge in [0.05, 0.1) is 35.2 Å². The number of carbonyl (C=O) groups excluding carboxylic acids is 2. The van der Waals surface area contributed by atoms with Crippen molar-refractivity contribution in [3.05, 3.63) is 52.9 Å². The summed E-state index contributed by atoms with van der Waals surface area (Å²) in [4.78, 5) is 37.1. The Kier molecular flexibility index (Phi) is 9.45. The Morgan fingerprint density at radius 1 is 1.10 bits per heavy atom. The van der Waals surface area contributed by atoms with E-state index in [9.17, 15) is 40.3 Å². The maximum Gasteiger partial charge on any atom is 0.393 e. The van der Waals surface area contributed by atoms with E-state index in [0.29, 0.717) is 12.1 Å². The smallest absolute Gasteiger partial charge is 0.355 e. The van der Waals surface area contributed by atoms with Gasteiger partial charge >= 0.3 is 6.18 Å². The molecule has 3 aromatic rings. The maximum atomic E-state index is 14.1. The first-order chi connectivity index (χ1) is 23.1. The summed E-state index contributed by atoms with van der Waals surface area (Å²) in [5.74, 6) is -9.59. The van der Waals surface area contributed by atoms with Crippen LogP contribution in [0.5, 0.6) is 0 Å². The van der Waals surface area contributed by atoms with E-state index < -0.39 is 73.5 Å². The number of piperidine rings is 2. The highest BCUT2D eigenvalue weighted by molar-refractivity contribution is 5.93. The van der Waals surface area contributed by atoms with Crippen LogP contribution in [-0.2, 0) is 24.3 Å². The first-order valence-electron chi connectivity index (χ1n) is 16.2. The molecule has 6 rings (SSSR count). The Bertz CT molecular complexity index is 1730. The van der Waals surface area contributed by atoms with Gasteiger partial charge in [0.1, 0.15) is 5.69 Å². The van der Waals surface area contributed by atoms with Crippen molar-refractivity contribution in [2.24, 2.45) is 11.8 Å². The number of rotatable bonds is 9. The van der Waals surface area contributed by atoms with E-state index in [-0.39, 0.29) is 73.9 Å². The third-order valence-corrected chi connectivity index (χ3v) is 9.44. The lowest BCUT2D eigenvalue weighted by molar-refractivity contribution is -0.183. The van der Waals surface area contributed by atoms with Crippen LogP contribution in [-0.4, -0.2) is 83.7 Å². The highest BCUT2D eigenvalue weighted by Gasteiger charge is 2.45. The van der Waals surface area contributed by atoms with Gasteiger partial charge in [-0.3, -0.25) is 19.2 Å². The van der Waals surface area contributed by atoms with Gasteiger partial charge in [0.15, 0.2) is 0 Å². The molecule has 11 nitrogen and oxygen atoms in total. The molecule has 3 aromatic heterocycles. The van der Waals surface area contributed by atoms with Gasteiger partial charge in [0.2, 0.25) is 5.91 Å². The van der Waals surface area contributed by atoms with Gasteiger partial charge in [-0.1, -0.05) is 6.08 Å². The van der Waals surface area contributed by atoms with E-state index in [2.05, 4.69) is 30.8 Å². The van der Waals surface area contributed by atoms with Crippen molar-refractivity contribution < 1.29 is 40.3 Å². The number of fused-ring (bicyclic) bond motifs is 1. The number of amides is 2. The normalized spacial score (nSPS) is 23.6. The van der Waals surface area contributed by atoms with Crippen LogP contribution in [0.2, 0.25) is 0 Å². The summed E-state index contributed by atoms with van der Waals surface area (Å²) in [5, 5.41) is 13.9. The fourth-order valence-corrected chi connectivity index (χ4v) is 6.55. The summed E-state index contributed by atoms with van der Waals surface area (Å²) in [5.41, 5.74) is 1.42. The number of imidazole rings is 1. The average molecular weight is 700 g/mol. The second-order valence-electron chi connectivity index (χ2n) is 12.9. The SMILES string of the molecule is CCn1nccc1C(=O)N[C@@H](C1=CCC(F)(F)CC1)c1cn2nc(C[C@H]3C[C@@H](C(F)(F)F)CNC3=O)c(CN3CCC(F)(F)CC3)nc2n1. The zero-order valence-electron chi connectivity index (χ0n) is 26.6. The van der Waals surface area contributed by atoms with Gasteiger partial charge in [-0.05, 0) is 31.4 Å². The lowest BCUT2D eigenvalue weighted by atomic mass is 9.86. The average Bonchev–Trinajstić information content (AvgIpc) is 3.68. The van der Waals surface area contributed by atoms with Gasteiger partial charge in [0, 0.05) is 76.9 Å². The Morgan fingerprint density at radius 2 is 1.86 bits per heavy atom. The van der Waals surface area contributed by atoms with Crippen LogP contribution < -0.4 is 10.6 Å². The van der Waals surface area contributed by atoms with Crippen LogP contribution >= 0.6 is 0 Å². The number of aromatic nitrogens is 6. The number of halogens is 7. The minimum absolute atomic E-state index is 0.0347. The van der Waals surface area contributed by atoms with E-state index in [1.165, 1.54) is 33.7 Å². The third kappa shape index (κ3) is 7.88. The topological polar surface area (TPSA) is 122 Å². The second-order valence-corrected chi connectivity index (χ2v) is 12.9. The third-order valence-electron chi connectivity index (χ3n) is 9.44. The van der Waals surface area contributed by atoms with Crippen molar-refractivity contribution in [2.45, 2.75) is 89.0 Å². The first kappa shape index (κ1) is 34.8. The number of nitrogens with one attached hydrogen (secondary N) is 2. The molecule has 0 radical (unpaired) electrons. The minimum atomic E-state index is -4.52. The molecule has 266 valence electrons. The molecule has 0 saturated carbocycles. The summed E-state index contributed by atoms with van der Waals surface area (Å²) in [7, 11) is 0. The molecule has 2 N–H and O–H groups in total. The van der Waals surface area contributed by atoms with Gasteiger partial charge in [-0.15, -0.1) is 0 Å². The highest BCUT2D eigenvalue weighted by atomic mass is 19.4. The van der Waals surface area contributed by atoms with E-state index in [1.54, 1.807) is 11.8 Å². The summed E-state index contributed by atoms with van der Waals surface area (Å²) in [6.45, 7) is 1.80. The molecule has 1 aliphatic carbocycles. The molecule has 2 saturated heterocycles. The van der Waals surface area contributed by atoms with E-state index >= 15 is 0 Å². The number of hydrogen-bond donors (Lipinski definition) is 2. The highest BCUT2D eigenvalue weighted by Crippen LogP contribution is 2.38. The molecule has 5 heterocycles. The molecule has 18 heteroatoms. The molecule has 0 aromatic carbocycles. The van der Waals surface area contributed by atoms with Crippen LogP contribution in [0, 0.1) is 11.8 Å². The summed E-state index contributed by atoms with van der Waals surface area (Å²) >= 11 is 0. The van der Waals surface area contributed by atoms with Crippen LogP contribution in [0.15, 0.2) is 30.1 Å². The number of aryl methyl sites for hydroxylation is 1. The predicted octanol–water partition coefficient (Wildman–Crippen LogP) is 4.65. The van der Waals surface area contributed by atoms with Crippen LogP contribution in [0.4, 0.5) is 30.7 Å². The molecule has 2 fully saturated rings. The molecular weight excluding hydrogens is 663 g/mol. The second kappa shape index (κ2) is 13.3. The summed E-state index contributed by atoms with van der Waals surface area (Å²) < 4.78 is 99.6. The number of likely N-dealkylation sites (tertiary alicyclic amines) is 1. The molecule has 0 spiro atoms. The summed E-state index contributed by atoms with van der Waals surface area (Å²) in [6, 6.07) is 0.562. The Labute approximate surface area is 276 Å². The minimum Gasteiger partial charge on any atom is -0.355 e. The zero-order valence-corrected chi connectivity index (χ0v) is 26.6. The monoisotopic (exact) mass is 699 g/mol. The molecule has 3 atom stereocenters. The number of hydrogen-bond acceptors (Lipinski definition) is 7. The standard InChI is InChI=1S/C31H36F7N9O2/c1-2-46-24(5-10-40-46)27(49)43-25(18-3-6-29(32,33)7-4-18)23-17-47-28(42-23)41-22(16-45-11-8-30(34,35)9-12-45)21(44-47)14-19-13-20(31(36,37)38)15-39-26(19)48/h3,5,10,17,19-20,25H,2,4,6-9,11-16H2,1H3,(H,39,48)(H,43,49)/t19-,20-,25+/m1/s1. The van der Waals surface area contributed by atoms with E-state index in [0.717, 1.165) is 0 Å². The van der Waals surface area contributed by atoms with Crippen molar-refractivity contribution in [3.8, 4) is 0 Å². The van der Waals surface area contributed by atoms with Crippen molar-refractivity contribution in [3.63, 3.8) is 0 Å². The van der Waals surface area contributed by atoms with Crippen LogP contribution in [0.1, 0.15) is 79.1 Å².